The number of hydrogen-bond donors (Lipinski definition) is 2. The number of unbranched alkanes of at least 4 members (excludes halogenated alkanes) is 1. The maximum absolute atomic E-state index is 13.0. The monoisotopic (exact) mass is 452 g/mol. The molecular weight excluding hydrogens is 416 g/mol. The SMILES string of the molecule is NC(=NCCCCS(=O)(=O)N(CCCN1CCOCC1)C1CCC1)Nc1ccncc1. The molecule has 9 nitrogen and oxygen atoms in total. The summed E-state index contributed by atoms with van der Waals surface area (Å²) in [6, 6.07) is 3.81. The van der Waals surface area contributed by atoms with Crippen LogP contribution in [0, 0.1) is 0 Å². The Labute approximate surface area is 186 Å². The van der Waals surface area contributed by atoms with Gasteiger partial charge >= 0.3 is 0 Å². The van der Waals surface area contributed by atoms with Crippen LogP contribution in [0.15, 0.2) is 29.5 Å². The van der Waals surface area contributed by atoms with Crippen molar-refractivity contribution < 1.29 is 13.2 Å². The first-order chi connectivity index (χ1) is 15.0. The van der Waals surface area contributed by atoms with Crippen molar-refractivity contribution in [2.75, 3.05) is 57.0 Å². The number of rotatable bonds is 12. The molecule has 0 amide bonds. The molecule has 3 rings (SSSR count). The van der Waals surface area contributed by atoms with E-state index in [-0.39, 0.29) is 11.8 Å². The van der Waals surface area contributed by atoms with Gasteiger partial charge in [-0.25, -0.2) is 8.42 Å². The molecule has 10 heteroatoms. The smallest absolute Gasteiger partial charge is 0.214 e. The molecule has 174 valence electrons. The van der Waals surface area contributed by atoms with Crippen LogP contribution >= 0.6 is 0 Å². The van der Waals surface area contributed by atoms with E-state index in [2.05, 4.69) is 20.2 Å². The summed E-state index contributed by atoms with van der Waals surface area (Å²) in [6.07, 6.45) is 8.59. The number of aromatic nitrogens is 1. The highest BCUT2D eigenvalue weighted by Gasteiger charge is 2.33. The van der Waals surface area contributed by atoms with Crippen molar-refractivity contribution >= 4 is 21.7 Å². The summed E-state index contributed by atoms with van der Waals surface area (Å²) >= 11 is 0. The van der Waals surface area contributed by atoms with Gasteiger partial charge in [-0.05, 0) is 50.8 Å². The first-order valence-electron chi connectivity index (χ1n) is 11.3. The highest BCUT2D eigenvalue weighted by Crippen LogP contribution is 2.28. The lowest BCUT2D eigenvalue weighted by Crippen LogP contribution is -2.46. The minimum atomic E-state index is -3.25. The van der Waals surface area contributed by atoms with E-state index in [1.165, 1.54) is 0 Å². The molecule has 1 aliphatic heterocycles. The lowest BCUT2D eigenvalue weighted by molar-refractivity contribution is 0.0363. The largest absolute Gasteiger partial charge is 0.379 e. The first kappa shape index (κ1) is 23.9. The van der Waals surface area contributed by atoms with Crippen LogP contribution in [0.25, 0.3) is 0 Å². The summed E-state index contributed by atoms with van der Waals surface area (Å²) in [6.45, 7) is 5.48. The second-order valence-electron chi connectivity index (χ2n) is 8.15. The summed E-state index contributed by atoms with van der Waals surface area (Å²) in [4.78, 5) is 10.6. The molecule has 2 aliphatic rings. The van der Waals surface area contributed by atoms with Gasteiger partial charge < -0.3 is 15.8 Å². The van der Waals surface area contributed by atoms with Gasteiger partial charge in [0.2, 0.25) is 10.0 Å². The van der Waals surface area contributed by atoms with Crippen molar-refractivity contribution in [2.45, 2.75) is 44.6 Å². The van der Waals surface area contributed by atoms with Gasteiger partial charge in [-0.3, -0.25) is 14.9 Å². The highest BCUT2D eigenvalue weighted by atomic mass is 32.2. The molecule has 0 unspecified atom stereocenters. The molecule has 1 aliphatic carbocycles. The van der Waals surface area contributed by atoms with Gasteiger partial charge in [0.25, 0.3) is 0 Å². The minimum absolute atomic E-state index is 0.175. The summed E-state index contributed by atoms with van der Waals surface area (Å²) < 4.78 is 33.2. The van der Waals surface area contributed by atoms with E-state index >= 15 is 0 Å². The molecule has 0 aromatic carbocycles. The fraction of sp³-hybridized carbons (Fsp3) is 0.714. The first-order valence-corrected chi connectivity index (χ1v) is 12.9. The van der Waals surface area contributed by atoms with E-state index in [9.17, 15) is 8.42 Å². The number of pyridine rings is 1. The van der Waals surface area contributed by atoms with Crippen molar-refractivity contribution in [3.05, 3.63) is 24.5 Å². The Hall–Kier alpha value is -1.75. The van der Waals surface area contributed by atoms with Gasteiger partial charge in [0.15, 0.2) is 5.96 Å². The van der Waals surface area contributed by atoms with Crippen LogP contribution in [0.4, 0.5) is 5.69 Å². The van der Waals surface area contributed by atoms with Gasteiger partial charge in [0.05, 0.1) is 19.0 Å². The standard InChI is InChI=1S/C21H36N6O3S/c22-21(25-19-7-10-23-11-8-19)24-9-1-2-18-31(28,29)27(20-5-3-6-20)13-4-12-26-14-16-30-17-15-26/h7-8,10-11,20H,1-6,9,12-18H2,(H3,22,23,24,25). The van der Waals surface area contributed by atoms with E-state index in [1.54, 1.807) is 16.7 Å². The van der Waals surface area contributed by atoms with Crippen molar-refractivity contribution in [2.24, 2.45) is 10.7 Å². The summed E-state index contributed by atoms with van der Waals surface area (Å²) in [5.41, 5.74) is 6.71. The molecule has 0 spiro atoms. The van der Waals surface area contributed by atoms with E-state index in [1.807, 2.05) is 12.1 Å². The number of morpholine rings is 1. The molecule has 0 atom stereocenters. The fourth-order valence-electron chi connectivity index (χ4n) is 3.83. The van der Waals surface area contributed by atoms with Gasteiger partial charge in [0, 0.05) is 50.3 Å². The highest BCUT2D eigenvalue weighted by molar-refractivity contribution is 7.89. The molecule has 2 heterocycles. The number of hydrogen-bond acceptors (Lipinski definition) is 6. The maximum atomic E-state index is 13.0. The van der Waals surface area contributed by atoms with E-state index < -0.39 is 10.0 Å². The Morgan fingerprint density at radius 2 is 1.97 bits per heavy atom. The average molecular weight is 453 g/mol. The number of sulfonamides is 1. The lowest BCUT2D eigenvalue weighted by Gasteiger charge is -2.37. The number of ether oxygens (including phenoxy) is 1. The molecule has 1 aromatic heterocycles. The summed E-state index contributed by atoms with van der Waals surface area (Å²) in [5.74, 6) is 0.502. The van der Waals surface area contributed by atoms with Crippen LogP contribution in [0.5, 0.6) is 0 Å². The van der Waals surface area contributed by atoms with E-state index in [0.717, 1.165) is 64.2 Å². The number of guanidine groups is 1. The fourth-order valence-corrected chi connectivity index (χ4v) is 5.71. The number of anilines is 1. The molecule has 1 aromatic rings. The van der Waals surface area contributed by atoms with Gasteiger partial charge in [0.1, 0.15) is 0 Å². The second kappa shape index (κ2) is 12.3. The Morgan fingerprint density at radius 3 is 2.65 bits per heavy atom. The predicted molar refractivity (Wildman–Crippen MR) is 124 cm³/mol. The van der Waals surface area contributed by atoms with Gasteiger partial charge in [-0.15, -0.1) is 0 Å². The normalized spacial score (nSPS) is 18.8. The zero-order valence-corrected chi connectivity index (χ0v) is 19.1. The minimum Gasteiger partial charge on any atom is -0.379 e. The molecule has 2 fully saturated rings. The Balaban J connectivity index is 1.39. The molecule has 0 bridgehead atoms. The molecular formula is C21H36N6O3S. The van der Waals surface area contributed by atoms with Gasteiger partial charge in [-0.1, -0.05) is 6.42 Å². The van der Waals surface area contributed by atoms with Crippen LogP contribution in [0.1, 0.15) is 38.5 Å². The van der Waals surface area contributed by atoms with E-state index in [4.69, 9.17) is 10.5 Å². The quantitative estimate of drug-likeness (QED) is 0.281. The number of nitrogens with two attached hydrogens (primary N) is 1. The number of nitrogens with zero attached hydrogens (tertiary/aromatic N) is 4. The molecule has 1 saturated carbocycles. The number of aliphatic imine (C=N–C) groups is 1. The Morgan fingerprint density at radius 1 is 1.23 bits per heavy atom. The van der Waals surface area contributed by atoms with Crippen molar-refractivity contribution in [1.82, 2.24) is 14.2 Å². The Bertz CT molecular complexity index is 780. The van der Waals surface area contributed by atoms with Crippen LogP contribution in [0.3, 0.4) is 0 Å². The molecule has 31 heavy (non-hydrogen) atoms. The second-order valence-corrected chi connectivity index (χ2v) is 10.2. The lowest BCUT2D eigenvalue weighted by atomic mass is 9.93. The average Bonchev–Trinajstić information content (AvgIpc) is 2.73. The third-order valence-corrected chi connectivity index (χ3v) is 7.84. The van der Waals surface area contributed by atoms with Crippen LogP contribution in [0.2, 0.25) is 0 Å². The maximum Gasteiger partial charge on any atom is 0.214 e. The third kappa shape index (κ3) is 8.03. The zero-order chi connectivity index (χ0) is 21.9. The summed E-state index contributed by atoms with van der Waals surface area (Å²) in [5, 5.41) is 3.00. The molecule has 0 radical (unpaired) electrons. The van der Waals surface area contributed by atoms with Crippen molar-refractivity contribution in [3.63, 3.8) is 0 Å². The van der Waals surface area contributed by atoms with Crippen molar-refractivity contribution in [1.29, 1.82) is 0 Å². The Kier molecular flexibility index (Phi) is 9.51. The van der Waals surface area contributed by atoms with Gasteiger partial charge in [-0.2, -0.15) is 4.31 Å². The molecule has 3 N–H and O–H groups in total. The summed E-state index contributed by atoms with van der Waals surface area (Å²) in [7, 11) is -3.25. The van der Waals surface area contributed by atoms with Crippen LogP contribution in [-0.2, 0) is 14.8 Å². The predicted octanol–water partition coefficient (Wildman–Crippen LogP) is 1.50. The van der Waals surface area contributed by atoms with E-state index in [0.29, 0.717) is 31.9 Å². The van der Waals surface area contributed by atoms with Crippen molar-refractivity contribution in [3.8, 4) is 0 Å². The van der Waals surface area contributed by atoms with Crippen LogP contribution < -0.4 is 11.1 Å². The van der Waals surface area contributed by atoms with Crippen LogP contribution in [-0.4, -0.2) is 86.3 Å². The number of nitrogens with one attached hydrogen (secondary N) is 1. The third-order valence-electron chi connectivity index (χ3n) is 5.84. The molecule has 1 saturated heterocycles. The zero-order valence-electron chi connectivity index (χ0n) is 18.3. The topological polar surface area (TPSA) is 113 Å².